The van der Waals surface area contributed by atoms with E-state index in [-0.39, 0.29) is 18.2 Å². The number of halogens is 1. The van der Waals surface area contributed by atoms with Crippen molar-refractivity contribution in [2.24, 2.45) is 0 Å². The van der Waals surface area contributed by atoms with Crippen LogP contribution in [-0.4, -0.2) is 27.8 Å². The van der Waals surface area contributed by atoms with Crippen molar-refractivity contribution in [1.82, 2.24) is 15.3 Å². The fraction of sp³-hybridized carbons (Fsp3) is 0.412. The first-order chi connectivity index (χ1) is 11.9. The fourth-order valence-corrected chi connectivity index (χ4v) is 3.37. The molecule has 0 aliphatic rings. The first kappa shape index (κ1) is 19.5. The number of hydrogen-bond acceptors (Lipinski definition) is 5. The van der Waals surface area contributed by atoms with E-state index in [0.29, 0.717) is 17.5 Å². The second-order valence-electron chi connectivity index (χ2n) is 5.93. The summed E-state index contributed by atoms with van der Waals surface area (Å²) in [5, 5.41) is 6.10. The Morgan fingerprint density at radius 1 is 1.28 bits per heavy atom. The molecule has 8 heteroatoms. The lowest BCUT2D eigenvalue weighted by molar-refractivity contribution is -0.126. The van der Waals surface area contributed by atoms with Crippen LogP contribution in [-0.2, 0) is 16.0 Å². The van der Waals surface area contributed by atoms with E-state index < -0.39 is 6.04 Å². The number of hydrogen-bond donors (Lipinski definition) is 2. The number of amides is 2. The minimum atomic E-state index is -0.598. The minimum absolute atomic E-state index is 0.172. The first-order valence-electron chi connectivity index (χ1n) is 8.04. The van der Waals surface area contributed by atoms with Gasteiger partial charge in [0.25, 0.3) is 0 Å². The van der Waals surface area contributed by atoms with E-state index in [1.54, 1.807) is 18.6 Å². The van der Waals surface area contributed by atoms with Gasteiger partial charge in [-0.15, -0.1) is 11.3 Å². The molecule has 2 N–H and O–H groups in total. The van der Waals surface area contributed by atoms with E-state index in [0.717, 1.165) is 14.9 Å². The molecule has 6 nitrogen and oxygen atoms in total. The van der Waals surface area contributed by atoms with E-state index in [4.69, 9.17) is 0 Å². The van der Waals surface area contributed by atoms with Gasteiger partial charge in [-0.05, 0) is 39.9 Å². The molecule has 2 rings (SSSR count). The van der Waals surface area contributed by atoms with Crippen LogP contribution in [0.4, 0.5) is 5.13 Å². The molecule has 0 spiro atoms. The van der Waals surface area contributed by atoms with Crippen LogP contribution in [0, 0.1) is 0 Å². The van der Waals surface area contributed by atoms with Gasteiger partial charge in [0.1, 0.15) is 6.04 Å². The highest BCUT2D eigenvalue weighted by Crippen LogP contribution is 2.25. The average molecular weight is 425 g/mol. The van der Waals surface area contributed by atoms with Gasteiger partial charge >= 0.3 is 0 Å². The predicted molar refractivity (Wildman–Crippen MR) is 103 cm³/mol. The highest BCUT2D eigenvalue weighted by molar-refractivity contribution is 9.10. The van der Waals surface area contributed by atoms with Crippen LogP contribution in [0.2, 0.25) is 0 Å². The smallest absolute Gasteiger partial charge is 0.248 e. The van der Waals surface area contributed by atoms with Crippen molar-refractivity contribution < 1.29 is 9.59 Å². The van der Waals surface area contributed by atoms with Crippen molar-refractivity contribution in [2.45, 2.75) is 45.6 Å². The van der Waals surface area contributed by atoms with Gasteiger partial charge in [-0.25, -0.2) is 4.98 Å². The summed E-state index contributed by atoms with van der Waals surface area (Å²) in [5.41, 5.74) is 0.781. The number of aromatic nitrogens is 2. The van der Waals surface area contributed by atoms with Gasteiger partial charge in [-0.1, -0.05) is 20.8 Å². The van der Waals surface area contributed by atoms with Gasteiger partial charge in [0, 0.05) is 27.9 Å². The number of anilines is 1. The number of carbonyl (C=O) groups excluding carboxylic acids is 2. The van der Waals surface area contributed by atoms with Gasteiger partial charge in [-0.3, -0.25) is 14.6 Å². The highest BCUT2D eigenvalue weighted by Gasteiger charge is 2.20. The number of carbonyl (C=O) groups is 2. The molecule has 2 amide bonds. The topological polar surface area (TPSA) is 84.0 Å². The van der Waals surface area contributed by atoms with Gasteiger partial charge < -0.3 is 10.6 Å². The van der Waals surface area contributed by atoms with E-state index >= 15 is 0 Å². The minimum Gasteiger partial charge on any atom is -0.344 e. The third-order valence-electron chi connectivity index (χ3n) is 3.51. The molecule has 0 fully saturated rings. The molecule has 0 aliphatic heterocycles. The largest absolute Gasteiger partial charge is 0.344 e. The SMILES string of the molecule is CCC(NC(=O)Cc1cncc(Br)c1)C(=O)Nc1ncc(C(C)C)s1. The molecular weight excluding hydrogens is 404 g/mol. The first-order valence-corrected chi connectivity index (χ1v) is 9.65. The molecule has 1 atom stereocenters. The Morgan fingerprint density at radius 3 is 2.64 bits per heavy atom. The maximum absolute atomic E-state index is 12.4. The van der Waals surface area contributed by atoms with Crippen LogP contribution >= 0.6 is 27.3 Å². The van der Waals surface area contributed by atoms with Crippen LogP contribution in [0.3, 0.4) is 0 Å². The maximum Gasteiger partial charge on any atom is 0.248 e. The molecule has 0 aromatic carbocycles. The normalized spacial score (nSPS) is 12.0. The Morgan fingerprint density at radius 2 is 2.04 bits per heavy atom. The zero-order valence-corrected chi connectivity index (χ0v) is 16.8. The van der Waals surface area contributed by atoms with E-state index in [2.05, 4.69) is 50.4 Å². The summed E-state index contributed by atoms with van der Waals surface area (Å²) in [7, 11) is 0. The number of nitrogens with one attached hydrogen (secondary N) is 2. The average Bonchev–Trinajstić information content (AvgIpc) is 3.01. The number of pyridine rings is 1. The monoisotopic (exact) mass is 424 g/mol. The molecule has 0 saturated carbocycles. The van der Waals surface area contributed by atoms with Gasteiger partial charge in [-0.2, -0.15) is 0 Å². The lowest BCUT2D eigenvalue weighted by Crippen LogP contribution is -2.44. The Hall–Kier alpha value is -1.80. The molecule has 0 saturated heterocycles. The van der Waals surface area contributed by atoms with Gasteiger partial charge in [0.2, 0.25) is 11.8 Å². The number of rotatable bonds is 7. The lowest BCUT2D eigenvalue weighted by atomic mass is 10.1. The Bertz CT molecular complexity index is 748. The predicted octanol–water partition coefficient (Wildman–Crippen LogP) is 3.50. The highest BCUT2D eigenvalue weighted by atomic mass is 79.9. The Labute approximate surface area is 159 Å². The molecule has 2 aromatic rings. The van der Waals surface area contributed by atoms with Crippen LogP contribution in [0.5, 0.6) is 0 Å². The molecule has 2 heterocycles. The summed E-state index contributed by atoms with van der Waals surface area (Å²) in [4.78, 5) is 33.9. The van der Waals surface area contributed by atoms with Crippen LogP contribution in [0.1, 0.15) is 43.6 Å². The molecule has 2 aromatic heterocycles. The zero-order valence-electron chi connectivity index (χ0n) is 14.4. The second-order valence-corrected chi connectivity index (χ2v) is 7.91. The molecule has 25 heavy (non-hydrogen) atoms. The summed E-state index contributed by atoms with van der Waals surface area (Å²) in [6, 6.07) is 1.23. The van der Waals surface area contributed by atoms with E-state index in [1.807, 2.05) is 13.0 Å². The quantitative estimate of drug-likeness (QED) is 0.711. The maximum atomic E-state index is 12.4. The summed E-state index contributed by atoms with van der Waals surface area (Å²) >= 11 is 4.78. The van der Waals surface area contributed by atoms with Crippen LogP contribution in [0.25, 0.3) is 0 Å². The molecule has 1 unspecified atom stereocenters. The molecule has 134 valence electrons. The number of thiazole rings is 1. The molecule has 0 aliphatic carbocycles. The van der Waals surface area contributed by atoms with Crippen molar-refractivity contribution >= 4 is 44.2 Å². The summed E-state index contributed by atoms with van der Waals surface area (Å²) in [5.74, 6) is -0.111. The fourth-order valence-electron chi connectivity index (χ4n) is 2.14. The van der Waals surface area contributed by atoms with Gasteiger partial charge in [0.15, 0.2) is 5.13 Å². The third-order valence-corrected chi connectivity index (χ3v) is 5.16. The molecule has 0 bridgehead atoms. The molecule has 0 radical (unpaired) electrons. The zero-order chi connectivity index (χ0) is 18.4. The van der Waals surface area contributed by atoms with Crippen molar-refractivity contribution in [1.29, 1.82) is 0 Å². The Balaban J connectivity index is 1.93. The summed E-state index contributed by atoms with van der Waals surface area (Å²) in [6.07, 6.45) is 5.73. The van der Waals surface area contributed by atoms with Crippen molar-refractivity contribution in [3.63, 3.8) is 0 Å². The van der Waals surface area contributed by atoms with E-state index in [9.17, 15) is 9.59 Å². The van der Waals surface area contributed by atoms with Gasteiger partial charge in [0.05, 0.1) is 6.42 Å². The van der Waals surface area contributed by atoms with Crippen molar-refractivity contribution in [3.8, 4) is 0 Å². The third kappa shape index (κ3) is 5.89. The Kier molecular flexibility index (Phi) is 7.07. The lowest BCUT2D eigenvalue weighted by Gasteiger charge is -2.16. The molecular formula is C17H21BrN4O2S. The summed E-state index contributed by atoms with van der Waals surface area (Å²) in [6.45, 7) is 6.00. The van der Waals surface area contributed by atoms with Crippen LogP contribution in [0.15, 0.2) is 29.1 Å². The van der Waals surface area contributed by atoms with E-state index in [1.165, 1.54) is 11.3 Å². The standard InChI is InChI=1S/C17H21BrN4O2S/c1-4-13(16(24)22-17-20-9-14(25-17)10(2)3)21-15(23)6-11-5-12(18)8-19-7-11/h5,7-10,13H,4,6H2,1-3H3,(H,21,23)(H,20,22,24). The van der Waals surface area contributed by atoms with Crippen LogP contribution < -0.4 is 10.6 Å². The second kappa shape index (κ2) is 9.05. The van der Waals surface area contributed by atoms with Crippen molar-refractivity contribution in [2.75, 3.05) is 5.32 Å². The van der Waals surface area contributed by atoms with Crippen molar-refractivity contribution in [3.05, 3.63) is 39.6 Å². The summed E-state index contributed by atoms with van der Waals surface area (Å²) < 4.78 is 0.812. The number of nitrogens with zero attached hydrogens (tertiary/aromatic N) is 2.